The third kappa shape index (κ3) is 4.64. The first kappa shape index (κ1) is 18.9. The first-order valence-corrected chi connectivity index (χ1v) is 8.42. The molecular formula is C17H20F2N6O2. The highest BCUT2D eigenvalue weighted by atomic mass is 19.2. The molecule has 0 atom stereocenters. The number of benzene rings is 1. The van der Waals surface area contributed by atoms with Gasteiger partial charge in [0.25, 0.3) is 5.91 Å². The summed E-state index contributed by atoms with van der Waals surface area (Å²) in [4.78, 5) is 29.1. The number of nitrogens with one attached hydrogen (secondary N) is 1. The topological polar surface area (TPSA) is 83.5 Å². The Hall–Kier alpha value is -2.88. The normalized spacial score (nSPS) is 14.1. The zero-order chi connectivity index (χ0) is 19.4. The lowest BCUT2D eigenvalue weighted by molar-refractivity contribution is 0.0949. The molecule has 0 saturated carbocycles. The molecule has 8 nitrogen and oxygen atoms in total. The zero-order valence-corrected chi connectivity index (χ0v) is 15.1. The van der Waals surface area contributed by atoms with Crippen molar-refractivity contribution in [2.24, 2.45) is 0 Å². The molecule has 10 heteroatoms. The van der Waals surface area contributed by atoms with Gasteiger partial charge in [0.15, 0.2) is 17.5 Å². The van der Waals surface area contributed by atoms with Crippen LogP contribution in [0.5, 0.6) is 0 Å². The molecule has 1 aliphatic rings. The van der Waals surface area contributed by atoms with Crippen LogP contribution in [0.25, 0.3) is 0 Å². The van der Waals surface area contributed by atoms with Crippen molar-refractivity contribution < 1.29 is 18.3 Å². The van der Waals surface area contributed by atoms with Gasteiger partial charge in [0.2, 0.25) is 11.9 Å². The van der Waals surface area contributed by atoms with Crippen molar-refractivity contribution >= 4 is 17.8 Å². The van der Waals surface area contributed by atoms with Crippen LogP contribution in [-0.2, 0) is 11.3 Å². The highest BCUT2D eigenvalue weighted by Gasteiger charge is 2.18. The fourth-order valence-electron chi connectivity index (χ4n) is 2.48. The summed E-state index contributed by atoms with van der Waals surface area (Å²) >= 11 is 0. The molecule has 1 aromatic heterocycles. The minimum Gasteiger partial charge on any atom is -0.378 e. The van der Waals surface area contributed by atoms with E-state index in [4.69, 9.17) is 4.74 Å². The molecule has 0 unspecified atom stereocenters. The SMILES string of the molecule is CN(C)c1nc(CNC(=O)c2ccc(F)c(F)c2)nc(N2CCOCC2)n1. The summed E-state index contributed by atoms with van der Waals surface area (Å²) in [6.45, 7) is 2.53. The third-order valence-electron chi connectivity index (χ3n) is 3.94. The van der Waals surface area contributed by atoms with Crippen LogP contribution in [0.2, 0.25) is 0 Å². The summed E-state index contributed by atoms with van der Waals surface area (Å²) in [7, 11) is 3.62. The Morgan fingerprint density at radius 1 is 1.19 bits per heavy atom. The molecule has 2 aromatic rings. The quantitative estimate of drug-likeness (QED) is 0.830. The molecule has 1 saturated heterocycles. The minimum atomic E-state index is -1.08. The smallest absolute Gasteiger partial charge is 0.251 e. The maximum Gasteiger partial charge on any atom is 0.251 e. The lowest BCUT2D eigenvalue weighted by Gasteiger charge is -2.27. The molecule has 0 radical (unpaired) electrons. The molecule has 0 aliphatic carbocycles. The summed E-state index contributed by atoms with van der Waals surface area (Å²) in [5.41, 5.74) is 0.0178. The van der Waals surface area contributed by atoms with E-state index in [0.29, 0.717) is 44.0 Å². The summed E-state index contributed by atoms with van der Waals surface area (Å²) in [5.74, 6) is -1.29. The third-order valence-corrected chi connectivity index (χ3v) is 3.94. The standard InChI is InChI=1S/C17H20F2N6O2/c1-24(2)16-21-14(22-17(23-16)25-5-7-27-8-6-25)10-20-15(26)11-3-4-12(18)13(19)9-11/h3-4,9H,5-8,10H2,1-2H3,(H,20,26). The Bertz CT molecular complexity index is 827. The Morgan fingerprint density at radius 2 is 1.93 bits per heavy atom. The van der Waals surface area contributed by atoms with Gasteiger partial charge < -0.3 is 19.9 Å². The Kier molecular flexibility index (Phi) is 5.75. The highest BCUT2D eigenvalue weighted by Crippen LogP contribution is 2.14. The predicted octanol–water partition coefficient (Wildman–Crippen LogP) is 0.982. The molecule has 1 aliphatic heterocycles. The van der Waals surface area contributed by atoms with Crippen LogP contribution >= 0.6 is 0 Å². The number of halogens is 2. The number of aromatic nitrogens is 3. The molecule has 144 valence electrons. The molecule has 2 heterocycles. The summed E-state index contributed by atoms with van der Waals surface area (Å²) < 4.78 is 31.6. The van der Waals surface area contributed by atoms with E-state index in [-0.39, 0.29) is 12.1 Å². The first-order chi connectivity index (χ1) is 12.9. The van der Waals surface area contributed by atoms with Crippen LogP contribution in [0.4, 0.5) is 20.7 Å². The number of carbonyl (C=O) groups is 1. The van der Waals surface area contributed by atoms with Crippen molar-refractivity contribution in [2.75, 3.05) is 50.2 Å². The van der Waals surface area contributed by atoms with Gasteiger partial charge in [-0.15, -0.1) is 0 Å². The molecule has 1 aromatic carbocycles. The van der Waals surface area contributed by atoms with Crippen LogP contribution < -0.4 is 15.1 Å². The highest BCUT2D eigenvalue weighted by molar-refractivity contribution is 5.94. The summed E-state index contributed by atoms with van der Waals surface area (Å²) in [5, 5.41) is 2.62. The van der Waals surface area contributed by atoms with Gasteiger partial charge in [-0.25, -0.2) is 8.78 Å². The second-order valence-electron chi connectivity index (χ2n) is 6.16. The maximum atomic E-state index is 13.3. The molecule has 0 spiro atoms. The van der Waals surface area contributed by atoms with Gasteiger partial charge in [-0.1, -0.05) is 0 Å². The average Bonchev–Trinajstić information content (AvgIpc) is 2.68. The lowest BCUT2D eigenvalue weighted by Crippen LogP contribution is -2.38. The Labute approximate surface area is 155 Å². The Balaban J connectivity index is 1.75. The zero-order valence-electron chi connectivity index (χ0n) is 15.1. The van der Waals surface area contributed by atoms with E-state index >= 15 is 0 Å². The monoisotopic (exact) mass is 378 g/mol. The van der Waals surface area contributed by atoms with E-state index in [1.165, 1.54) is 6.07 Å². The largest absolute Gasteiger partial charge is 0.378 e. The molecule has 1 N–H and O–H groups in total. The van der Waals surface area contributed by atoms with E-state index in [1.54, 1.807) is 4.90 Å². The molecule has 27 heavy (non-hydrogen) atoms. The van der Waals surface area contributed by atoms with Gasteiger partial charge in [-0.3, -0.25) is 4.79 Å². The number of anilines is 2. The van der Waals surface area contributed by atoms with Crippen LogP contribution in [-0.4, -0.2) is 61.3 Å². The molecule has 0 bridgehead atoms. The van der Waals surface area contributed by atoms with Gasteiger partial charge in [-0.2, -0.15) is 15.0 Å². The first-order valence-electron chi connectivity index (χ1n) is 8.42. The second-order valence-corrected chi connectivity index (χ2v) is 6.16. The number of nitrogens with zero attached hydrogens (tertiary/aromatic N) is 5. The maximum absolute atomic E-state index is 13.3. The van der Waals surface area contributed by atoms with Gasteiger partial charge in [0, 0.05) is 32.7 Å². The van der Waals surface area contributed by atoms with Gasteiger partial charge in [-0.05, 0) is 18.2 Å². The van der Waals surface area contributed by atoms with Gasteiger partial charge in [0.05, 0.1) is 19.8 Å². The van der Waals surface area contributed by atoms with E-state index in [2.05, 4.69) is 20.3 Å². The summed E-state index contributed by atoms with van der Waals surface area (Å²) in [6.07, 6.45) is 0. The number of hydrogen-bond acceptors (Lipinski definition) is 7. The van der Waals surface area contributed by atoms with Gasteiger partial charge in [0.1, 0.15) is 0 Å². The lowest BCUT2D eigenvalue weighted by atomic mass is 10.2. The van der Waals surface area contributed by atoms with Crippen LogP contribution in [0.3, 0.4) is 0 Å². The van der Waals surface area contributed by atoms with Crippen molar-refractivity contribution in [1.82, 2.24) is 20.3 Å². The number of hydrogen-bond donors (Lipinski definition) is 1. The van der Waals surface area contributed by atoms with Crippen molar-refractivity contribution in [3.63, 3.8) is 0 Å². The summed E-state index contributed by atoms with van der Waals surface area (Å²) in [6, 6.07) is 2.97. The van der Waals surface area contributed by atoms with Crippen LogP contribution in [0.1, 0.15) is 16.2 Å². The number of morpholine rings is 1. The van der Waals surface area contributed by atoms with Crippen molar-refractivity contribution in [3.05, 3.63) is 41.2 Å². The second kappa shape index (κ2) is 8.21. The Morgan fingerprint density at radius 3 is 2.59 bits per heavy atom. The fraction of sp³-hybridized carbons (Fsp3) is 0.412. The van der Waals surface area contributed by atoms with Crippen molar-refractivity contribution in [2.45, 2.75) is 6.54 Å². The number of carbonyl (C=O) groups excluding carboxylic acids is 1. The molecule has 1 fully saturated rings. The van der Waals surface area contributed by atoms with Crippen LogP contribution in [0, 0.1) is 11.6 Å². The van der Waals surface area contributed by atoms with E-state index in [9.17, 15) is 13.6 Å². The van der Waals surface area contributed by atoms with Crippen LogP contribution in [0.15, 0.2) is 18.2 Å². The number of amides is 1. The average molecular weight is 378 g/mol. The number of ether oxygens (including phenoxy) is 1. The predicted molar refractivity (Wildman–Crippen MR) is 94.7 cm³/mol. The molecule has 3 rings (SSSR count). The fourth-order valence-corrected chi connectivity index (χ4v) is 2.48. The van der Waals surface area contributed by atoms with E-state index in [1.807, 2.05) is 19.0 Å². The van der Waals surface area contributed by atoms with Gasteiger partial charge >= 0.3 is 0 Å². The molecule has 1 amide bonds. The molecular weight excluding hydrogens is 358 g/mol. The van der Waals surface area contributed by atoms with Crippen molar-refractivity contribution in [3.8, 4) is 0 Å². The minimum absolute atomic E-state index is 0.0178. The van der Waals surface area contributed by atoms with E-state index < -0.39 is 17.5 Å². The number of rotatable bonds is 5. The van der Waals surface area contributed by atoms with Crippen molar-refractivity contribution in [1.29, 1.82) is 0 Å². The van der Waals surface area contributed by atoms with E-state index in [0.717, 1.165) is 12.1 Å².